The van der Waals surface area contributed by atoms with Gasteiger partial charge >= 0.3 is 0 Å². The van der Waals surface area contributed by atoms with Crippen molar-refractivity contribution in [1.82, 2.24) is 5.32 Å². The van der Waals surface area contributed by atoms with Crippen LogP contribution >= 0.6 is 11.6 Å². The van der Waals surface area contributed by atoms with Gasteiger partial charge in [-0.15, -0.1) is 0 Å². The molecule has 1 N–H and O–H groups in total. The van der Waals surface area contributed by atoms with Crippen molar-refractivity contribution in [3.63, 3.8) is 0 Å². The van der Waals surface area contributed by atoms with E-state index >= 15 is 0 Å². The molecule has 4 unspecified atom stereocenters. The predicted octanol–water partition coefficient (Wildman–Crippen LogP) is 4.96. The van der Waals surface area contributed by atoms with Crippen LogP contribution in [0.25, 0.3) is 0 Å². The number of nitrogens with one attached hydrogen (secondary N) is 1. The van der Waals surface area contributed by atoms with Gasteiger partial charge in [0.05, 0.1) is 0 Å². The maximum Gasteiger partial charge on any atom is 0.0406 e. The Morgan fingerprint density at radius 3 is 2.58 bits per heavy atom. The van der Waals surface area contributed by atoms with Crippen molar-refractivity contribution in [3.8, 4) is 0 Å². The Labute approximate surface area is 121 Å². The molecule has 0 amide bonds. The van der Waals surface area contributed by atoms with E-state index in [9.17, 15) is 0 Å². The SMILES string of the molecule is CCCC(NC1CC2CCC1C2)c1ccc(Cl)cc1. The van der Waals surface area contributed by atoms with E-state index in [1.807, 2.05) is 12.1 Å². The van der Waals surface area contributed by atoms with E-state index in [4.69, 9.17) is 11.6 Å². The van der Waals surface area contributed by atoms with Crippen LogP contribution in [0.15, 0.2) is 24.3 Å². The number of halogens is 1. The van der Waals surface area contributed by atoms with Gasteiger partial charge in [0.2, 0.25) is 0 Å². The van der Waals surface area contributed by atoms with Gasteiger partial charge in [-0.2, -0.15) is 0 Å². The molecule has 0 spiro atoms. The second-order valence-electron chi connectivity index (χ2n) is 6.34. The molecule has 19 heavy (non-hydrogen) atoms. The Balaban J connectivity index is 1.68. The Hall–Kier alpha value is -0.530. The molecule has 2 saturated carbocycles. The lowest BCUT2D eigenvalue weighted by molar-refractivity contribution is 0.311. The van der Waals surface area contributed by atoms with Crippen molar-refractivity contribution in [3.05, 3.63) is 34.9 Å². The summed E-state index contributed by atoms with van der Waals surface area (Å²) in [6.07, 6.45) is 8.23. The van der Waals surface area contributed by atoms with Crippen molar-refractivity contribution < 1.29 is 0 Å². The van der Waals surface area contributed by atoms with Crippen LogP contribution in [0.3, 0.4) is 0 Å². The molecule has 2 heteroatoms. The first kappa shape index (κ1) is 13.5. The quantitative estimate of drug-likeness (QED) is 0.802. The molecule has 0 radical (unpaired) electrons. The third-order valence-corrected chi connectivity index (χ3v) is 5.26. The molecular formula is C17H24ClN. The molecule has 0 aliphatic heterocycles. The standard InChI is InChI=1S/C17H24ClN/c1-2-3-16(13-6-8-15(18)9-7-13)19-17-11-12-4-5-14(17)10-12/h6-9,12,14,16-17,19H,2-5,10-11H2,1H3. The number of hydrogen-bond acceptors (Lipinski definition) is 1. The molecule has 0 saturated heterocycles. The van der Waals surface area contributed by atoms with Crippen molar-refractivity contribution in [2.75, 3.05) is 0 Å². The van der Waals surface area contributed by atoms with E-state index in [-0.39, 0.29) is 0 Å². The van der Waals surface area contributed by atoms with E-state index in [1.54, 1.807) is 0 Å². The van der Waals surface area contributed by atoms with Gasteiger partial charge in [-0.05, 0) is 55.2 Å². The summed E-state index contributed by atoms with van der Waals surface area (Å²) < 4.78 is 0. The van der Waals surface area contributed by atoms with Gasteiger partial charge in [-0.1, -0.05) is 43.5 Å². The Bertz CT molecular complexity index is 414. The minimum absolute atomic E-state index is 0.506. The first-order valence-electron chi connectivity index (χ1n) is 7.77. The summed E-state index contributed by atoms with van der Waals surface area (Å²) in [4.78, 5) is 0. The molecule has 0 heterocycles. The highest BCUT2D eigenvalue weighted by atomic mass is 35.5. The van der Waals surface area contributed by atoms with E-state index in [1.165, 1.54) is 44.1 Å². The van der Waals surface area contributed by atoms with Gasteiger partial charge in [0.15, 0.2) is 0 Å². The van der Waals surface area contributed by atoms with E-state index in [0.717, 1.165) is 22.9 Å². The van der Waals surface area contributed by atoms with Gasteiger partial charge in [-0.25, -0.2) is 0 Å². The van der Waals surface area contributed by atoms with Gasteiger partial charge < -0.3 is 5.32 Å². The summed E-state index contributed by atoms with van der Waals surface area (Å²) in [6.45, 7) is 2.27. The fraction of sp³-hybridized carbons (Fsp3) is 0.647. The number of rotatable bonds is 5. The van der Waals surface area contributed by atoms with Crippen LogP contribution in [0.4, 0.5) is 0 Å². The summed E-state index contributed by atoms with van der Waals surface area (Å²) in [5, 5.41) is 4.77. The van der Waals surface area contributed by atoms with E-state index in [0.29, 0.717) is 6.04 Å². The first-order valence-corrected chi connectivity index (χ1v) is 8.15. The molecular weight excluding hydrogens is 254 g/mol. The predicted molar refractivity (Wildman–Crippen MR) is 81.5 cm³/mol. The van der Waals surface area contributed by atoms with Crippen molar-refractivity contribution >= 4 is 11.6 Å². The van der Waals surface area contributed by atoms with Crippen molar-refractivity contribution in [1.29, 1.82) is 0 Å². The zero-order valence-electron chi connectivity index (χ0n) is 11.7. The summed E-state index contributed by atoms with van der Waals surface area (Å²) >= 11 is 5.99. The summed E-state index contributed by atoms with van der Waals surface area (Å²) in [6, 6.07) is 9.66. The molecule has 1 nitrogen and oxygen atoms in total. The summed E-state index contributed by atoms with van der Waals surface area (Å²) in [7, 11) is 0. The number of benzene rings is 1. The zero-order valence-corrected chi connectivity index (χ0v) is 12.5. The highest BCUT2D eigenvalue weighted by Crippen LogP contribution is 2.45. The molecule has 1 aromatic rings. The van der Waals surface area contributed by atoms with Crippen LogP contribution in [0.2, 0.25) is 5.02 Å². The lowest BCUT2D eigenvalue weighted by Gasteiger charge is -2.29. The Morgan fingerprint density at radius 2 is 2.00 bits per heavy atom. The Kier molecular flexibility index (Phi) is 4.14. The zero-order chi connectivity index (χ0) is 13.2. The van der Waals surface area contributed by atoms with Crippen LogP contribution in [-0.2, 0) is 0 Å². The highest BCUT2D eigenvalue weighted by molar-refractivity contribution is 6.30. The lowest BCUT2D eigenvalue weighted by atomic mass is 9.93. The minimum Gasteiger partial charge on any atom is -0.307 e. The average Bonchev–Trinajstić information content (AvgIpc) is 3.01. The van der Waals surface area contributed by atoms with Gasteiger partial charge in [0.25, 0.3) is 0 Å². The molecule has 2 bridgehead atoms. The van der Waals surface area contributed by atoms with Crippen molar-refractivity contribution in [2.24, 2.45) is 11.8 Å². The highest BCUT2D eigenvalue weighted by Gasteiger charge is 2.40. The molecule has 2 aliphatic carbocycles. The monoisotopic (exact) mass is 277 g/mol. The van der Waals surface area contributed by atoms with Crippen LogP contribution < -0.4 is 5.32 Å². The van der Waals surface area contributed by atoms with Crippen LogP contribution in [0.1, 0.15) is 57.1 Å². The number of fused-ring (bicyclic) bond motifs is 2. The summed E-state index contributed by atoms with van der Waals surface area (Å²) in [5.41, 5.74) is 1.40. The Morgan fingerprint density at radius 1 is 1.21 bits per heavy atom. The van der Waals surface area contributed by atoms with Crippen LogP contribution in [-0.4, -0.2) is 6.04 Å². The van der Waals surface area contributed by atoms with Gasteiger partial charge in [0, 0.05) is 17.1 Å². The second kappa shape index (κ2) is 5.85. The van der Waals surface area contributed by atoms with Crippen LogP contribution in [0.5, 0.6) is 0 Å². The summed E-state index contributed by atoms with van der Waals surface area (Å²) in [5.74, 6) is 1.95. The molecule has 1 aromatic carbocycles. The number of hydrogen-bond donors (Lipinski definition) is 1. The van der Waals surface area contributed by atoms with Gasteiger partial charge in [0.1, 0.15) is 0 Å². The largest absolute Gasteiger partial charge is 0.307 e. The molecule has 4 atom stereocenters. The molecule has 2 aliphatic rings. The smallest absolute Gasteiger partial charge is 0.0406 e. The molecule has 3 rings (SSSR count). The molecule has 104 valence electrons. The lowest BCUT2D eigenvalue weighted by Crippen LogP contribution is -2.36. The fourth-order valence-corrected chi connectivity index (χ4v) is 4.16. The molecule has 0 aromatic heterocycles. The maximum atomic E-state index is 5.99. The van der Waals surface area contributed by atoms with E-state index in [2.05, 4.69) is 24.4 Å². The van der Waals surface area contributed by atoms with Crippen molar-refractivity contribution in [2.45, 2.75) is 57.5 Å². The first-order chi connectivity index (χ1) is 9.26. The third-order valence-electron chi connectivity index (χ3n) is 5.00. The normalized spacial score (nSPS) is 30.7. The third kappa shape index (κ3) is 2.98. The maximum absolute atomic E-state index is 5.99. The van der Waals surface area contributed by atoms with E-state index < -0.39 is 0 Å². The van der Waals surface area contributed by atoms with Crippen LogP contribution in [0, 0.1) is 11.8 Å². The fourth-order valence-electron chi connectivity index (χ4n) is 4.04. The average molecular weight is 278 g/mol. The second-order valence-corrected chi connectivity index (χ2v) is 6.78. The minimum atomic E-state index is 0.506. The van der Waals surface area contributed by atoms with Gasteiger partial charge in [-0.3, -0.25) is 0 Å². The topological polar surface area (TPSA) is 12.0 Å². The molecule has 2 fully saturated rings.